The molecule has 6 heteroatoms. The van der Waals surface area contributed by atoms with Crippen LogP contribution in [0.2, 0.25) is 0 Å². The van der Waals surface area contributed by atoms with Crippen LogP contribution < -0.4 is 10.1 Å². The van der Waals surface area contributed by atoms with Crippen molar-refractivity contribution in [3.8, 4) is 11.8 Å². The Bertz CT molecular complexity index is 964. The highest BCUT2D eigenvalue weighted by Gasteiger charge is 2.08. The Hall–Kier alpha value is -3.72. The number of carbonyl (C=O) groups is 1. The number of aromatic nitrogens is 1. The van der Waals surface area contributed by atoms with E-state index in [1.165, 1.54) is 24.5 Å². The molecule has 0 aliphatic rings. The molecule has 3 aromatic rings. The molecule has 0 spiro atoms. The van der Waals surface area contributed by atoms with Crippen molar-refractivity contribution in [2.24, 2.45) is 0 Å². The van der Waals surface area contributed by atoms with E-state index in [1.807, 2.05) is 6.07 Å². The van der Waals surface area contributed by atoms with Gasteiger partial charge in [-0.1, -0.05) is 12.1 Å². The van der Waals surface area contributed by atoms with Crippen LogP contribution in [0.4, 0.5) is 10.1 Å². The second kappa shape index (κ2) is 8.59. The zero-order valence-electron chi connectivity index (χ0n) is 14.4. The summed E-state index contributed by atoms with van der Waals surface area (Å²) in [7, 11) is 0. The van der Waals surface area contributed by atoms with Gasteiger partial charge in [0.25, 0.3) is 5.91 Å². The van der Waals surface area contributed by atoms with Crippen molar-refractivity contribution >= 4 is 11.6 Å². The zero-order chi connectivity index (χ0) is 19.1. The second-order valence-electron chi connectivity index (χ2n) is 5.78. The van der Waals surface area contributed by atoms with Crippen LogP contribution in [0.25, 0.3) is 0 Å². The number of hydrogen-bond acceptors (Lipinski definition) is 4. The minimum Gasteiger partial charge on any atom is -0.492 e. The topological polar surface area (TPSA) is 75.0 Å². The normalized spacial score (nSPS) is 10.1. The van der Waals surface area contributed by atoms with Gasteiger partial charge in [0, 0.05) is 18.3 Å². The fraction of sp³-hybridized carbons (Fsp3) is 0.0952. The number of halogens is 1. The zero-order valence-corrected chi connectivity index (χ0v) is 14.4. The standard InChI is InChI=1S/C21H16FN3O2/c22-18-5-1-15(2-6-18)9-10-27-20-11-17(13-24-14-20)21(26)25-19-7-3-16(12-23)4-8-19/h1-8,11,13-14H,9-10H2,(H,25,26). The number of nitrogens with zero attached hydrogens (tertiary/aromatic N) is 2. The molecule has 0 fully saturated rings. The fourth-order valence-corrected chi connectivity index (χ4v) is 2.39. The summed E-state index contributed by atoms with van der Waals surface area (Å²) >= 11 is 0. The predicted molar refractivity (Wildman–Crippen MR) is 98.9 cm³/mol. The Balaban J connectivity index is 1.58. The third-order valence-electron chi connectivity index (χ3n) is 3.82. The molecular formula is C21H16FN3O2. The van der Waals surface area contributed by atoms with Crippen molar-refractivity contribution in [3.05, 3.63) is 89.5 Å². The Morgan fingerprint density at radius 1 is 1.11 bits per heavy atom. The van der Waals surface area contributed by atoms with Crippen LogP contribution in [0.5, 0.6) is 5.75 Å². The molecule has 0 aliphatic carbocycles. The number of hydrogen-bond donors (Lipinski definition) is 1. The summed E-state index contributed by atoms with van der Waals surface area (Å²) in [5.41, 5.74) is 2.42. The van der Waals surface area contributed by atoms with Gasteiger partial charge >= 0.3 is 0 Å². The third-order valence-corrected chi connectivity index (χ3v) is 3.82. The maximum Gasteiger partial charge on any atom is 0.257 e. The van der Waals surface area contributed by atoms with Crippen molar-refractivity contribution in [3.63, 3.8) is 0 Å². The molecule has 1 amide bonds. The first-order valence-electron chi connectivity index (χ1n) is 8.28. The first-order valence-corrected chi connectivity index (χ1v) is 8.28. The number of rotatable bonds is 6. The smallest absolute Gasteiger partial charge is 0.257 e. The van der Waals surface area contributed by atoms with Crippen LogP contribution in [0.1, 0.15) is 21.5 Å². The highest BCUT2D eigenvalue weighted by Crippen LogP contribution is 2.15. The number of nitriles is 1. The monoisotopic (exact) mass is 361 g/mol. The SMILES string of the molecule is N#Cc1ccc(NC(=O)c2cncc(OCCc3ccc(F)cc3)c2)cc1. The molecule has 1 heterocycles. The number of benzene rings is 2. The Morgan fingerprint density at radius 3 is 2.56 bits per heavy atom. The van der Waals surface area contributed by atoms with Gasteiger partial charge in [-0.15, -0.1) is 0 Å². The van der Waals surface area contributed by atoms with E-state index in [4.69, 9.17) is 10.00 Å². The number of ether oxygens (including phenoxy) is 1. The molecule has 1 N–H and O–H groups in total. The molecule has 0 unspecified atom stereocenters. The quantitative estimate of drug-likeness (QED) is 0.721. The van der Waals surface area contributed by atoms with E-state index in [0.717, 1.165) is 5.56 Å². The van der Waals surface area contributed by atoms with Gasteiger partial charge in [0.05, 0.1) is 30.0 Å². The van der Waals surface area contributed by atoms with Gasteiger partial charge in [0.1, 0.15) is 11.6 Å². The second-order valence-corrected chi connectivity index (χ2v) is 5.78. The van der Waals surface area contributed by atoms with Crippen molar-refractivity contribution in [1.82, 2.24) is 4.98 Å². The molecule has 2 aromatic carbocycles. The molecule has 0 saturated heterocycles. The van der Waals surface area contributed by atoms with E-state index in [1.54, 1.807) is 42.5 Å². The highest BCUT2D eigenvalue weighted by atomic mass is 19.1. The van der Waals surface area contributed by atoms with Crippen LogP contribution >= 0.6 is 0 Å². The predicted octanol–water partition coefficient (Wildman–Crippen LogP) is 3.97. The number of nitrogens with one attached hydrogen (secondary N) is 1. The molecule has 0 saturated carbocycles. The minimum absolute atomic E-state index is 0.273. The Morgan fingerprint density at radius 2 is 1.85 bits per heavy atom. The highest BCUT2D eigenvalue weighted by molar-refractivity contribution is 6.04. The summed E-state index contributed by atoms with van der Waals surface area (Å²) in [4.78, 5) is 16.4. The summed E-state index contributed by atoms with van der Waals surface area (Å²) in [5.74, 6) is -0.120. The van der Waals surface area contributed by atoms with Gasteiger partial charge in [-0.3, -0.25) is 9.78 Å². The van der Waals surface area contributed by atoms with Crippen molar-refractivity contribution in [2.45, 2.75) is 6.42 Å². The summed E-state index contributed by atoms with van der Waals surface area (Å²) < 4.78 is 18.5. The van der Waals surface area contributed by atoms with Gasteiger partial charge < -0.3 is 10.1 Å². The Labute approximate surface area is 156 Å². The van der Waals surface area contributed by atoms with Crippen molar-refractivity contribution in [2.75, 3.05) is 11.9 Å². The molecule has 1 aromatic heterocycles. The average molecular weight is 361 g/mol. The number of anilines is 1. The van der Waals surface area contributed by atoms with Gasteiger partial charge in [0.2, 0.25) is 0 Å². The lowest BCUT2D eigenvalue weighted by atomic mass is 10.1. The lowest BCUT2D eigenvalue weighted by Crippen LogP contribution is -2.12. The molecule has 0 bridgehead atoms. The summed E-state index contributed by atoms with van der Waals surface area (Å²) in [6.45, 7) is 0.383. The van der Waals surface area contributed by atoms with E-state index in [2.05, 4.69) is 10.3 Å². The molecule has 5 nitrogen and oxygen atoms in total. The lowest BCUT2D eigenvalue weighted by molar-refractivity contribution is 0.102. The number of pyridine rings is 1. The maximum absolute atomic E-state index is 12.9. The lowest BCUT2D eigenvalue weighted by Gasteiger charge is -2.08. The first-order chi connectivity index (χ1) is 13.1. The summed E-state index contributed by atoms with van der Waals surface area (Å²) in [5, 5.41) is 11.5. The van der Waals surface area contributed by atoms with Crippen molar-refractivity contribution in [1.29, 1.82) is 5.26 Å². The van der Waals surface area contributed by atoms with Crippen LogP contribution in [0.15, 0.2) is 67.0 Å². The van der Waals surface area contributed by atoms with E-state index in [-0.39, 0.29) is 11.7 Å². The van der Waals surface area contributed by atoms with E-state index >= 15 is 0 Å². The van der Waals surface area contributed by atoms with Crippen LogP contribution in [0.3, 0.4) is 0 Å². The van der Waals surface area contributed by atoms with Crippen LogP contribution in [-0.4, -0.2) is 17.5 Å². The van der Waals surface area contributed by atoms with Crippen LogP contribution in [0, 0.1) is 17.1 Å². The number of carbonyl (C=O) groups excluding carboxylic acids is 1. The van der Waals surface area contributed by atoms with Gasteiger partial charge in [0.15, 0.2) is 0 Å². The molecular weight excluding hydrogens is 345 g/mol. The molecule has 27 heavy (non-hydrogen) atoms. The summed E-state index contributed by atoms with van der Waals surface area (Å²) in [6, 6.07) is 16.4. The van der Waals surface area contributed by atoms with Gasteiger partial charge in [-0.05, 0) is 48.0 Å². The number of amides is 1. The van der Waals surface area contributed by atoms with E-state index in [0.29, 0.717) is 35.6 Å². The van der Waals surface area contributed by atoms with Gasteiger partial charge in [-0.2, -0.15) is 5.26 Å². The molecule has 134 valence electrons. The van der Waals surface area contributed by atoms with Gasteiger partial charge in [-0.25, -0.2) is 4.39 Å². The third kappa shape index (κ3) is 5.13. The fourth-order valence-electron chi connectivity index (χ4n) is 2.39. The molecule has 0 atom stereocenters. The van der Waals surface area contributed by atoms with E-state index in [9.17, 15) is 9.18 Å². The summed E-state index contributed by atoms with van der Waals surface area (Å²) in [6.07, 6.45) is 3.59. The maximum atomic E-state index is 12.9. The van der Waals surface area contributed by atoms with Crippen molar-refractivity contribution < 1.29 is 13.9 Å². The van der Waals surface area contributed by atoms with E-state index < -0.39 is 0 Å². The average Bonchev–Trinajstić information content (AvgIpc) is 2.70. The first kappa shape index (κ1) is 18.1. The Kier molecular flexibility index (Phi) is 5.75. The molecule has 3 rings (SSSR count). The minimum atomic E-state index is -0.323. The molecule has 0 radical (unpaired) electrons. The molecule has 0 aliphatic heterocycles. The largest absolute Gasteiger partial charge is 0.492 e. The van der Waals surface area contributed by atoms with Crippen LogP contribution in [-0.2, 0) is 6.42 Å².